The van der Waals surface area contributed by atoms with Gasteiger partial charge in [-0.3, -0.25) is 9.59 Å². The highest BCUT2D eigenvalue weighted by atomic mass is 35.5. The van der Waals surface area contributed by atoms with Crippen molar-refractivity contribution in [3.63, 3.8) is 0 Å². The maximum absolute atomic E-state index is 11.8. The fraction of sp³-hybridized carbons (Fsp3) is 0.353. The number of halogens is 1. The average Bonchev–Trinajstić information content (AvgIpc) is 3.35. The van der Waals surface area contributed by atoms with Gasteiger partial charge in [0.25, 0.3) is 5.91 Å². The molecule has 24 heavy (non-hydrogen) atoms. The lowest BCUT2D eigenvalue weighted by Gasteiger charge is -2.16. The summed E-state index contributed by atoms with van der Waals surface area (Å²) in [5, 5.41) is 3.39. The van der Waals surface area contributed by atoms with Crippen LogP contribution in [-0.4, -0.2) is 48.9 Å². The lowest BCUT2D eigenvalue weighted by Crippen LogP contribution is -2.40. The van der Waals surface area contributed by atoms with Gasteiger partial charge in [0, 0.05) is 24.2 Å². The van der Waals surface area contributed by atoms with Crippen molar-refractivity contribution in [1.82, 2.24) is 10.2 Å². The Morgan fingerprint density at radius 2 is 1.96 bits per heavy atom. The lowest BCUT2D eigenvalue weighted by atomic mass is 10.2. The minimum absolute atomic E-state index is 0.0481. The quantitative estimate of drug-likeness (QED) is 0.599. The summed E-state index contributed by atoms with van der Waals surface area (Å²) in [6, 6.07) is 7.17. The zero-order chi connectivity index (χ0) is 17.5. The summed E-state index contributed by atoms with van der Waals surface area (Å²) in [5.74, 6) is -1.27. The summed E-state index contributed by atoms with van der Waals surface area (Å²) in [6.07, 6.45) is 4.77. The van der Waals surface area contributed by atoms with Crippen LogP contribution in [0.4, 0.5) is 0 Å². The van der Waals surface area contributed by atoms with Gasteiger partial charge in [0.05, 0.1) is 6.54 Å². The zero-order valence-electron chi connectivity index (χ0n) is 13.3. The van der Waals surface area contributed by atoms with Crippen molar-refractivity contribution in [1.29, 1.82) is 0 Å². The maximum atomic E-state index is 11.8. The van der Waals surface area contributed by atoms with Gasteiger partial charge in [-0.05, 0) is 36.6 Å². The number of amides is 2. The number of likely N-dealkylation sites (N-methyl/N-ethyl adjacent to an activating group) is 1. The fourth-order valence-electron chi connectivity index (χ4n) is 1.83. The zero-order valence-corrected chi connectivity index (χ0v) is 14.1. The standard InChI is InChI=1S/C17H19ClN2O4/c1-20(10-15(21)19-14-7-8-14)16(22)11-24-17(23)9-4-12-2-5-13(18)6-3-12/h2-6,9,14H,7-8,10-11H2,1H3,(H,19,21)/b9-4+. The molecule has 2 rings (SSSR count). The van der Waals surface area contributed by atoms with Gasteiger partial charge in [0.15, 0.2) is 6.61 Å². The van der Waals surface area contributed by atoms with E-state index in [-0.39, 0.29) is 18.5 Å². The maximum Gasteiger partial charge on any atom is 0.331 e. The molecule has 6 nitrogen and oxygen atoms in total. The van der Waals surface area contributed by atoms with Crippen molar-refractivity contribution in [2.45, 2.75) is 18.9 Å². The number of hydrogen-bond donors (Lipinski definition) is 1. The van der Waals surface area contributed by atoms with Gasteiger partial charge in [0.1, 0.15) is 0 Å². The third-order valence-electron chi connectivity index (χ3n) is 3.37. The highest BCUT2D eigenvalue weighted by Crippen LogP contribution is 2.18. The first-order chi connectivity index (χ1) is 11.4. The predicted molar refractivity (Wildman–Crippen MR) is 90.2 cm³/mol. The van der Waals surface area contributed by atoms with Crippen molar-refractivity contribution < 1.29 is 19.1 Å². The SMILES string of the molecule is CN(CC(=O)NC1CC1)C(=O)COC(=O)/C=C/c1ccc(Cl)cc1. The first kappa shape index (κ1) is 18.0. The molecule has 0 spiro atoms. The number of benzene rings is 1. The van der Waals surface area contributed by atoms with Crippen molar-refractivity contribution >= 4 is 35.5 Å². The van der Waals surface area contributed by atoms with E-state index in [1.54, 1.807) is 30.3 Å². The summed E-state index contributed by atoms with van der Waals surface area (Å²) in [7, 11) is 1.49. The number of carbonyl (C=O) groups is 3. The topological polar surface area (TPSA) is 75.7 Å². The van der Waals surface area contributed by atoms with Crippen LogP contribution in [-0.2, 0) is 19.1 Å². The van der Waals surface area contributed by atoms with Crippen LogP contribution < -0.4 is 5.32 Å². The molecule has 0 atom stereocenters. The van der Waals surface area contributed by atoms with Crippen LogP contribution >= 0.6 is 11.6 Å². The molecule has 0 aliphatic heterocycles. The molecule has 1 N–H and O–H groups in total. The molecule has 0 saturated heterocycles. The molecule has 0 bridgehead atoms. The number of hydrogen-bond acceptors (Lipinski definition) is 4. The second kappa shape index (κ2) is 8.49. The van der Waals surface area contributed by atoms with Crippen LogP contribution in [0.15, 0.2) is 30.3 Å². The summed E-state index contributed by atoms with van der Waals surface area (Å²) in [6.45, 7) is -0.454. The second-order valence-corrected chi connectivity index (χ2v) is 6.02. The Morgan fingerprint density at radius 1 is 1.29 bits per heavy atom. The van der Waals surface area contributed by atoms with Crippen LogP contribution in [0.5, 0.6) is 0 Å². The van der Waals surface area contributed by atoms with E-state index < -0.39 is 18.5 Å². The molecule has 1 aromatic carbocycles. The van der Waals surface area contributed by atoms with E-state index in [9.17, 15) is 14.4 Å². The summed E-state index contributed by atoms with van der Waals surface area (Å²) >= 11 is 5.77. The van der Waals surface area contributed by atoms with Crippen LogP contribution in [0, 0.1) is 0 Å². The van der Waals surface area contributed by atoms with Gasteiger partial charge in [-0.25, -0.2) is 4.79 Å². The monoisotopic (exact) mass is 350 g/mol. The second-order valence-electron chi connectivity index (χ2n) is 5.58. The minimum Gasteiger partial charge on any atom is -0.452 e. The third-order valence-corrected chi connectivity index (χ3v) is 3.62. The van der Waals surface area contributed by atoms with E-state index in [2.05, 4.69) is 5.32 Å². The normalized spacial score (nSPS) is 13.6. The van der Waals surface area contributed by atoms with Gasteiger partial charge in [-0.2, -0.15) is 0 Å². The number of ether oxygens (including phenoxy) is 1. The van der Waals surface area contributed by atoms with Gasteiger partial charge >= 0.3 is 5.97 Å². The fourth-order valence-corrected chi connectivity index (χ4v) is 1.96. The summed E-state index contributed by atoms with van der Waals surface area (Å²) in [4.78, 5) is 36.3. The van der Waals surface area contributed by atoms with Crippen molar-refractivity contribution in [2.75, 3.05) is 20.2 Å². The van der Waals surface area contributed by atoms with Crippen LogP contribution in [0.1, 0.15) is 18.4 Å². The predicted octanol–water partition coefficient (Wildman–Crippen LogP) is 1.63. The first-order valence-electron chi connectivity index (χ1n) is 7.58. The molecule has 1 saturated carbocycles. The van der Waals surface area contributed by atoms with Crippen LogP contribution in [0.25, 0.3) is 6.08 Å². The van der Waals surface area contributed by atoms with E-state index in [4.69, 9.17) is 16.3 Å². The number of rotatable bonds is 7. The van der Waals surface area contributed by atoms with E-state index in [0.717, 1.165) is 18.4 Å². The smallest absolute Gasteiger partial charge is 0.331 e. The molecule has 2 amide bonds. The number of esters is 1. The molecule has 0 heterocycles. The van der Waals surface area contributed by atoms with Gasteiger partial charge < -0.3 is 15.0 Å². The van der Waals surface area contributed by atoms with Crippen molar-refractivity contribution in [3.8, 4) is 0 Å². The average molecular weight is 351 g/mol. The Bertz CT molecular complexity index is 638. The molecule has 7 heteroatoms. The molecule has 1 fully saturated rings. The molecular formula is C17H19ClN2O4. The largest absolute Gasteiger partial charge is 0.452 e. The van der Waals surface area contributed by atoms with Gasteiger partial charge in [-0.15, -0.1) is 0 Å². The molecule has 0 radical (unpaired) electrons. The highest BCUT2D eigenvalue weighted by molar-refractivity contribution is 6.30. The van der Waals surface area contributed by atoms with Crippen LogP contribution in [0.3, 0.4) is 0 Å². The number of nitrogens with zero attached hydrogens (tertiary/aromatic N) is 1. The Labute approximate surface area is 145 Å². The molecule has 0 aromatic heterocycles. The molecule has 1 aliphatic rings. The first-order valence-corrected chi connectivity index (χ1v) is 7.95. The Morgan fingerprint density at radius 3 is 2.58 bits per heavy atom. The van der Waals surface area contributed by atoms with E-state index in [1.165, 1.54) is 18.0 Å². The third kappa shape index (κ3) is 6.42. The molecule has 1 aliphatic carbocycles. The van der Waals surface area contributed by atoms with Gasteiger partial charge in [0.2, 0.25) is 5.91 Å². The van der Waals surface area contributed by atoms with E-state index in [1.807, 2.05) is 0 Å². The lowest BCUT2D eigenvalue weighted by molar-refractivity contribution is -0.148. The summed E-state index contributed by atoms with van der Waals surface area (Å²) < 4.78 is 4.87. The Hall–Kier alpha value is -2.34. The highest BCUT2D eigenvalue weighted by Gasteiger charge is 2.24. The number of carbonyl (C=O) groups excluding carboxylic acids is 3. The molecule has 0 unspecified atom stereocenters. The van der Waals surface area contributed by atoms with Crippen molar-refractivity contribution in [2.24, 2.45) is 0 Å². The minimum atomic E-state index is -0.630. The Kier molecular flexibility index (Phi) is 6.37. The van der Waals surface area contributed by atoms with E-state index in [0.29, 0.717) is 5.02 Å². The van der Waals surface area contributed by atoms with Crippen LogP contribution in [0.2, 0.25) is 5.02 Å². The molecule has 1 aromatic rings. The Balaban J connectivity index is 1.70. The van der Waals surface area contributed by atoms with E-state index >= 15 is 0 Å². The molecule has 128 valence electrons. The summed E-state index contributed by atoms with van der Waals surface area (Å²) in [5.41, 5.74) is 0.788. The van der Waals surface area contributed by atoms with Gasteiger partial charge in [-0.1, -0.05) is 23.7 Å². The van der Waals surface area contributed by atoms with Crippen molar-refractivity contribution in [3.05, 3.63) is 40.9 Å². The molecular weight excluding hydrogens is 332 g/mol. The number of nitrogens with one attached hydrogen (secondary N) is 1.